The van der Waals surface area contributed by atoms with Crippen LogP contribution in [0, 0.1) is 13.8 Å². The van der Waals surface area contributed by atoms with Gasteiger partial charge in [0.05, 0.1) is 23.3 Å². The fourth-order valence-corrected chi connectivity index (χ4v) is 4.93. The van der Waals surface area contributed by atoms with Crippen molar-refractivity contribution in [2.75, 3.05) is 12.4 Å². The zero-order chi connectivity index (χ0) is 19.5. The zero-order valence-electron chi connectivity index (χ0n) is 16.1. The van der Waals surface area contributed by atoms with Gasteiger partial charge in [-0.25, -0.2) is 0 Å². The lowest BCUT2D eigenvalue weighted by atomic mass is 10.0. The van der Waals surface area contributed by atoms with Crippen molar-refractivity contribution in [3.05, 3.63) is 52.4 Å². The largest absolute Gasteiger partial charge is 0.376 e. The van der Waals surface area contributed by atoms with Crippen LogP contribution in [0.25, 0.3) is 10.7 Å². The van der Waals surface area contributed by atoms with Crippen molar-refractivity contribution in [2.24, 2.45) is 0 Å². The molecule has 4 rings (SSSR count). The molecule has 0 spiro atoms. The fourth-order valence-electron chi connectivity index (χ4n) is 3.38. The van der Waals surface area contributed by atoms with E-state index in [2.05, 4.69) is 20.8 Å². The van der Waals surface area contributed by atoms with Crippen molar-refractivity contribution in [1.82, 2.24) is 14.8 Å². The van der Waals surface area contributed by atoms with Gasteiger partial charge < -0.3 is 4.74 Å². The molecule has 1 unspecified atom stereocenters. The average molecular weight is 414 g/mol. The van der Waals surface area contributed by atoms with E-state index in [1.165, 1.54) is 11.8 Å². The highest BCUT2D eigenvalue weighted by Gasteiger charge is 2.23. The molecule has 0 radical (unpaired) electrons. The standard InChI is InChI=1S/C21H23N3O2S2/c1-14-7-8-15(2)17(11-14)18(25)13-28-21-23-22-20(19-6-4-10-27-19)24(21)12-16-5-3-9-26-16/h4,6-8,10-11,16H,3,5,9,12-13H2,1-2H3. The quantitative estimate of drug-likeness (QED) is 0.412. The Labute approximate surface area is 173 Å². The molecule has 1 aliphatic heterocycles. The third-order valence-electron chi connectivity index (χ3n) is 4.89. The Bertz CT molecular complexity index is 960. The summed E-state index contributed by atoms with van der Waals surface area (Å²) in [7, 11) is 0. The van der Waals surface area contributed by atoms with E-state index in [4.69, 9.17) is 4.74 Å². The van der Waals surface area contributed by atoms with Gasteiger partial charge in [0.1, 0.15) is 0 Å². The van der Waals surface area contributed by atoms with E-state index in [9.17, 15) is 4.79 Å². The van der Waals surface area contributed by atoms with E-state index < -0.39 is 0 Å². The molecule has 0 bridgehead atoms. The predicted molar refractivity (Wildman–Crippen MR) is 113 cm³/mol. The third kappa shape index (κ3) is 4.21. The molecule has 28 heavy (non-hydrogen) atoms. The minimum absolute atomic E-state index is 0.121. The first kappa shape index (κ1) is 19.4. The Hall–Kier alpha value is -1.96. The van der Waals surface area contributed by atoms with E-state index in [-0.39, 0.29) is 11.9 Å². The lowest BCUT2D eigenvalue weighted by Gasteiger charge is -2.14. The number of aryl methyl sites for hydroxylation is 2. The number of carbonyl (C=O) groups is 1. The minimum atomic E-state index is 0.121. The van der Waals surface area contributed by atoms with Crippen molar-refractivity contribution in [3.63, 3.8) is 0 Å². The summed E-state index contributed by atoms with van der Waals surface area (Å²) < 4.78 is 7.94. The van der Waals surface area contributed by atoms with Gasteiger partial charge in [0, 0.05) is 12.2 Å². The number of nitrogens with zero attached hydrogens (tertiary/aromatic N) is 3. The second kappa shape index (κ2) is 8.59. The number of ketones is 1. The Morgan fingerprint density at radius 2 is 2.21 bits per heavy atom. The molecule has 0 aliphatic carbocycles. The molecule has 7 heteroatoms. The first-order chi connectivity index (χ1) is 13.6. The van der Waals surface area contributed by atoms with Crippen LogP contribution in [0.2, 0.25) is 0 Å². The Kier molecular flexibility index (Phi) is 5.94. The van der Waals surface area contributed by atoms with Crippen molar-refractivity contribution in [1.29, 1.82) is 0 Å². The molecule has 5 nitrogen and oxygen atoms in total. The van der Waals surface area contributed by atoms with Crippen molar-refractivity contribution >= 4 is 28.9 Å². The van der Waals surface area contributed by atoms with Crippen LogP contribution in [0.15, 0.2) is 40.9 Å². The highest BCUT2D eigenvalue weighted by molar-refractivity contribution is 7.99. The first-order valence-electron chi connectivity index (χ1n) is 9.44. The maximum atomic E-state index is 12.8. The van der Waals surface area contributed by atoms with E-state index in [0.29, 0.717) is 5.75 Å². The lowest BCUT2D eigenvalue weighted by molar-refractivity contribution is 0.0953. The van der Waals surface area contributed by atoms with Gasteiger partial charge >= 0.3 is 0 Å². The Balaban J connectivity index is 1.55. The van der Waals surface area contributed by atoms with Crippen LogP contribution in [-0.2, 0) is 11.3 Å². The molecule has 1 aromatic carbocycles. The Morgan fingerprint density at radius 3 is 2.96 bits per heavy atom. The van der Waals surface area contributed by atoms with Crippen LogP contribution in [0.4, 0.5) is 0 Å². The Morgan fingerprint density at radius 1 is 1.32 bits per heavy atom. The highest BCUT2D eigenvalue weighted by Crippen LogP contribution is 2.29. The maximum Gasteiger partial charge on any atom is 0.192 e. The molecule has 2 aromatic heterocycles. The van der Waals surface area contributed by atoms with Gasteiger partial charge in [-0.15, -0.1) is 21.5 Å². The SMILES string of the molecule is Cc1ccc(C)c(C(=O)CSc2nnc(-c3cccs3)n2CC2CCCO2)c1. The molecule has 146 valence electrons. The van der Waals surface area contributed by atoms with Crippen LogP contribution in [0.1, 0.15) is 34.3 Å². The van der Waals surface area contributed by atoms with Crippen LogP contribution >= 0.6 is 23.1 Å². The van der Waals surface area contributed by atoms with Gasteiger partial charge in [0.2, 0.25) is 0 Å². The fraction of sp³-hybridized carbons (Fsp3) is 0.381. The topological polar surface area (TPSA) is 57.0 Å². The van der Waals surface area contributed by atoms with Crippen LogP contribution in [-0.4, -0.2) is 39.0 Å². The molecule has 1 saturated heterocycles. The number of aromatic nitrogens is 3. The predicted octanol–water partition coefficient (Wildman–Crippen LogP) is 4.78. The number of hydrogen-bond donors (Lipinski definition) is 0. The summed E-state index contributed by atoms with van der Waals surface area (Å²) in [4.78, 5) is 13.9. The lowest BCUT2D eigenvalue weighted by Crippen LogP contribution is -2.17. The van der Waals surface area contributed by atoms with Crippen molar-refractivity contribution < 1.29 is 9.53 Å². The summed E-state index contributed by atoms with van der Waals surface area (Å²) in [5.41, 5.74) is 2.90. The van der Waals surface area contributed by atoms with E-state index >= 15 is 0 Å². The number of Topliss-reactive ketones (excluding diaryl/α,β-unsaturated/α-hetero) is 1. The van der Waals surface area contributed by atoms with Gasteiger partial charge in [-0.2, -0.15) is 0 Å². The van der Waals surface area contributed by atoms with Gasteiger partial charge in [-0.1, -0.05) is 35.5 Å². The van der Waals surface area contributed by atoms with Crippen molar-refractivity contribution in [3.8, 4) is 10.7 Å². The first-order valence-corrected chi connectivity index (χ1v) is 11.3. The summed E-state index contributed by atoms with van der Waals surface area (Å²) in [5, 5.41) is 11.6. The number of benzene rings is 1. The molecular weight excluding hydrogens is 390 g/mol. The van der Waals surface area contributed by atoms with Gasteiger partial charge in [0.15, 0.2) is 16.8 Å². The van der Waals surface area contributed by atoms with Gasteiger partial charge in [0.25, 0.3) is 0 Å². The minimum Gasteiger partial charge on any atom is -0.376 e. The zero-order valence-corrected chi connectivity index (χ0v) is 17.7. The van der Waals surface area contributed by atoms with Crippen molar-refractivity contribution in [2.45, 2.75) is 44.5 Å². The molecule has 0 amide bonds. The molecule has 1 atom stereocenters. The third-order valence-corrected chi connectivity index (χ3v) is 6.73. The van der Waals surface area contributed by atoms with Gasteiger partial charge in [-0.3, -0.25) is 9.36 Å². The summed E-state index contributed by atoms with van der Waals surface area (Å²) in [6.07, 6.45) is 2.33. The van der Waals surface area contributed by atoms with E-state index in [1.54, 1.807) is 11.3 Å². The number of rotatable bonds is 7. The molecule has 3 aromatic rings. The van der Waals surface area contributed by atoms with E-state index in [1.807, 2.05) is 43.5 Å². The number of ether oxygens (including phenoxy) is 1. The normalized spacial score (nSPS) is 16.6. The number of carbonyl (C=O) groups excluding carboxylic acids is 1. The van der Waals surface area contributed by atoms with E-state index in [0.717, 1.165) is 58.5 Å². The summed E-state index contributed by atoms with van der Waals surface area (Å²) >= 11 is 3.10. The highest BCUT2D eigenvalue weighted by atomic mass is 32.2. The van der Waals surface area contributed by atoms with Crippen LogP contribution < -0.4 is 0 Å². The molecular formula is C21H23N3O2S2. The second-order valence-corrected chi connectivity index (χ2v) is 8.95. The monoisotopic (exact) mass is 413 g/mol. The summed E-state index contributed by atoms with van der Waals surface area (Å²) in [6.45, 7) is 5.52. The molecule has 0 N–H and O–H groups in total. The molecule has 3 heterocycles. The molecule has 0 saturated carbocycles. The number of hydrogen-bond acceptors (Lipinski definition) is 6. The number of thioether (sulfide) groups is 1. The number of thiophene rings is 1. The van der Waals surface area contributed by atoms with Crippen LogP contribution in [0.5, 0.6) is 0 Å². The van der Waals surface area contributed by atoms with Crippen LogP contribution in [0.3, 0.4) is 0 Å². The molecule has 1 fully saturated rings. The maximum absolute atomic E-state index is 12.8. The second-order valence-electron chi connectivity index (χ2n) is 7.06. The molecule has 1 aliphatic rings. The summed E-state index contributed by atoms with van der Waals surface area (Å²) in [5.74, 6) is 1.32. The van der Waals surface area contributed by atoms with Gasteiger partial charge in [-0.05, 0) is 49.8 Å². The summed E-state index contributed by atoms with van der Waals surface area (Å²) in [6, 6.07) is 10.1. The average Bonchev–Trinajstić information content (AvgIpc) is 3.44. The smallest absolute Gasteiger partial charge is 0.192 e.